The molecule has 0 saturated carbocycles. The molecule has 0 aliphatic carbocycles. The van der Waals surface area contributed by atoms with Gasteiger partial charge in [0.25, 0.3) is 0 Å². The summed E-state index contributed by atoms with van der Waals surface area (Å²) in [7, 11) is 0. The summed E-state index contributed by atoms with van der Waals surface area (Å²) in [6.07, 6.45) is 1.80. The Kier molecular flexibility index (Phi) is 4.30. The van der Waals surface area contributed by atoms with Crippen LogP contribution in [0.2, 0.25) is 5.02 Å². The van der Waals surface area contributed by atoms with Crippen molar-refractivity contribution in [2.45, 2.75) is 24.6 Å². The molecule has 1 aromatic carbocycles. The average Bonchev–Trinajstić information content (AvgIpc) is 2.77. The second-order valence-electron chi connectivity index (χ2n) is 3.96. The molecule has 2 aromatic rings. The third-order valence-electron chi connectivity index (χ3n) is 2.64. The maximum Gasteiger partial charge on any atom is 0.118 e. The van der Waals surface area contributed by atoms with Gasteiger partial charge in [-0.2, -0.15) is 0 Å². The highest BCUT2D eigenvalue weighted by Crippen LogP contribution is 2.29. The minimum Gasteiger partial charge on any atom is -0.465 e. The molecule has 1 aromatic heterocycles. The molecule has 0 aliphatic rings. The van der Waals surface area contributed by atoms with Crippen LogP contribution >= 0.6 is 27.5 Å². The van der Waals surface area contributed by atoms with Crippen LogP contribution in [-0.2, 0) is 12.8 Å². The molecule has 0 amide bonds. The minimum absolute atomic E-state index is 0.196. The summed E-state index contributed by atoms with van der Waals surface area (Å²) in [4.78, 5) is 0.196. The van der Waals surface area contributed by atoms with Gasteiger partial charge < -0.3 is 4.42 Å². The quantitative estimate of drug-likeness (QED) is 0.709. The standard InChI is InChI=1S/C14H14BrClO/c1-2-12-6-7-14(17-12)13(15)9-10-4-3-5-11(16)8-10/h3-8,13H,2,9H2,1H3. The lowest BCUT2D eigenvalue weighted by molar-refractivity contribution is 0.467. The normalized spacial score (nSPS) is 12.6. The first-order valence-electron chi connectivity index (χ1n) is 5.66. The number of benzene rings is 1. The molecule has 0 saturated heterocycles. The van der Waals surface area contributed by atoms with Crippen molar-refractivity contribution in [1.29, 1.82) is 0 Å². The van der Waals surface area contributed by atoms with Gasteiger partial charge in [-0.05, 0) is 36.2 Å². The second kappa shape index (κ2) is 5.74. The fourth-order valence-corrected chi connectivity index (χ4v) is 2.56. The van der Waals surface area contributed by atoms with Gasteiger partial charge in [-0.3, -0.25) is 0 Å². The largest absolute Gasteiger partial charge is 0.465 e. The molecule has 0 spiro atoms. The van der Waals surface area contributed by atoms with E-state index >= 15 is 0 Å². The molecule has 1 nitrogen and oxygen atoms in total. The van der Waals surface area contributed by atoms with E-state index in [4.69, 9.17) is 16.0 Å². The molecule has 90 valence electrons. The lowest BCUT2D eigenvalue weighted by atomic mass is 10.1. The number of alkyl halides is 1. The highest BCUT2D eigenvalue weighted by molar-refractivity contribution is 9.09. The van der Waals surface area contributed by atoms with E-state index in [1.165, 1.54) is 5.56 Å². The SMILES string of the molecule is CCc1ccc(C(Br)Cc2cccc(Cl)c2)o1. The maximum atomic E-state index is 5.96. The Morgan fingerprint density at radius 1 is 1.29 bits per heavy atom. The Morgan fingerprint density at radius 3 is 2.76 bits per heavy atom. The van der Waals surface area contributed by atoms with E-state index in [1.807, 2.05) is 30.3 Å². The van der Waals surface area contributed by atoms with Crippen molar-refractivity contribution in [3.8, 4) is 0 Å². The summed E-state index contributed by atoms with van der Waals surface area (Å²) >= 11 is 9.62. The van der Waals surface area contributed by atoms with Crippen molar-refractivity contribution in [2.24, 2.45) is 0 Å². The molecule has 3 heteroatoms. The summed E-state index contributed by atoms with van der Waals surface area (Å²) in [5.74, 6) is 2.00. The zero-order chi connectivity index (χ0) is 12.3. The molecule has 0 bridgehead atoms. The summed E-state index contributed by atoms with van der Waals surface area (Å²) in [5, 5.41) is 0.774. The predicted octanol–water partition coefficient (Wildman–Crippen LogP) is 5.17. The fraction of sp³-hybridized carbons (Fsp3) is 0.286. The van der Waals surface area contributed by atoms with Gasteiger partial charge in [0, 0.05) is 11.4 Å². The smallest absolute Gasteiger partial charge is 0.118 e. The molecule has 1 heterocycles. The van der Waals surface area contributed by atoms with Gasteiger partial charge in [0.15, 0.2) is 0 Å². The van der Waals surface area contributed by atoms with Gasteiger partial charge in [0.1, 0.15) is 11.5 Å². The van der Waals surface area contributed by atoms with E-state index in [9.17, 15) is 0 Å². The van der Waals surface area contributed by atoms with Crippen LogP contribution in [0.25, 0.3) is 0 Å². The van der Waals surface area contributed by atoms with Crippen LogP contribution in [0.15, 0.2) is 40.8 Å². The van der Waals surface area contributed by atoms with E-state index in [1.54, 1.807) is 0 Å². The third kappa shape index (κ3) is 3.36. The average molecular weight is 314 g/mol. The van der Waals surface area contributed by atoms with Crippen LogP contribution < -0.4 is 0 Å². The number of furan rings is 1. The zero-order valence-corrected chi connectivity index (χ0v) is 12.0. The molecule has 1 unspecified atom stereocenters. The Morgan fingerprint density at radius 2 is 2.12 bits per heavy atom. The van der Waals surface area contributed by atoms with Crippen LogP contribution in [0.4, 0.5) is 0 Å². The van der Waals surface area contributed by atoms with E-state index in [0.717, 1.165) is 29.4 Å². The van der Waals surface area contributed by atoms with E-state index < -0.39 is 0 Å². The molecular weight excluding hydrogens is 300 g/mol. The number of rotatable bonds is 4. The molecule has 2 rings (SSSR count). The summed E-state index contributed by atoms with van der Waals surface area (Å²) in [6.45, 7) is 2.09. The summed E-state index contributed by atoms with van der Waals surface area (Å²) in [5.41, 5.74) is 1.20. The van der Waals surface area contributed by atoms with Crippen LogP contribution in [-0.4, -0.2) is 0 Å². The van der Waals surface area contributed by atoms with Crippen LogP contribution in [0.5, 0.6) is 0 Å². The van der Waals surface area contributed by atoms with Gasteiger partial charge >= 0.3 is 0 Å². The van der Waals surface area contributed by atoms with Gasteiger partial charge in [0.2, 0.25) is 0 Å². The summed E-state index contributed by atoms with van der Waals surface area (Å²) in [6, 6.07) is 12.0. The first kappa shape index (κ1) is 12.7. The van der Waals surface area contributed by atoms with Crippen LogP contribution in [0, 0.1) is 0 Å². The van der Waals surface area contributed by atoms with Crippen LogP contribution in [0.3, 0.4) is 0 Å². The Labute approximate surface area is 115 Å². The molecule has 0 radical (unpaired) electrons. The van der Waals surface area contributed by atoms with Crippen LogP contribution in [0.1, 0.15) is 28.8 Å². The maximum absolute atomic E-state index is 5.96. The Balaban J connectivity index is 2.08. The first-order chi connectivity index (χ1) is 8.19. The molecule has 0 N–H and O–H groups in total. The van der Waals surface area contributed by atoms with Crippen molar-refractivity contribution >= 4 is 27.5 Å². The van der Waals surface area contributed by atoms with Crippen molar-refractivity contribution in [3.05, 3.63) is 58.5 Å². The number of aryl methyl sites for hydroxylation is 1. The first-order valence-corrected chi connectivity index (χ1v) is 6.95. The minimum atomic E-state index is 0.196. The van der Waals surface area contributed by atoms with Gasteiger partial charge in [-0.1, -0.05) is 46.6 Å². The molecule has 17 heavy (non-hydrogen) atoms. The molecule has 0 fully saturated rings. The van der Waals surface area contributed by atoms with Crippen molar-refractivity contribution in [2.75, 3.05) is 0 Å². The second-order valence-corrected chi connectivity index (χ2v) is 5.50. The predicted molar refractivity (Wildman–Crippen MR) is 74.9 cm³/mol. The third-order valence-corrected chi connectivity index (χ3v) is 3.65. The highest BCUT2D eigenvalue weighted by atomic mass is 79.9. The van der Waals surface area contributed by atoms with Crippen molar-refractivity contribution in [1.82, 2.24) is 0 Å². The van der Waals surface area contributed by atoms with Crippen molar-refractivity contribution in [3.63, 3.8) is 0 Å². The topological polar surface area (TPSA) is 13.1 Å². The number of halogens is 2. The lowest BCUT2D eigenvalue weighted by Crippen LogP contribution is -1.93. The van der Waals surface area contributed by atoms with E-state index in [-0.39, 0.29) is 4.83 Å². The van der Waals surface area contributed by atoms with Gasteiger partial charge in [-0.25, -0.2) is 0 Å². The van der Waals surface area contributed by atoms with Crippen molar-refractivity contribution < 1.29 is 4.42 Å². The Bertz CT molecular complexity index is 492. The highest BCUT2D eigenvalue weighted by Gasteiger charge is 2.12. The molecular formula is C14H14BrClO. The lowest BCUT2D eigenvalue weighted by Gasteiger charge is -2.07. The molecule has 0 aliphatic heterocycles. The summed E-state index contributed by atoms with van der Waals surface area (Å²) < 4.78 is 5.72. The Hall–Kier alpha value is -0.730. The molecule has 1 atom stereocenters. The zero-order valence-electron chi connectivity index (χ0n) is 9.62. The number of hydrogen-bond donors (Lipinski definition) is 0. The monoisotopic (exact) mass is 312 g/mol. The van der Waals surface area contributed by atoms with E-state index in [0.29, 0.717) is 0 Å². The van der Waals surface area contributed by atoms with E-state index in [2.05, 4.69) is 28.9 Å². The van der Waals surface area contributed by atoms with Gasteiger partial charge in [0.05, 0.1) is 4.83 Å². The fourth-order valence-electron chi connectivity index (χ4n) is 1.72. The number of hydrogen-bond acceptors (Lipinski definition) is 1. The van der Waals surface area contributed by atoms with Gasteiger partial charge in [-0.15, -0.1) is 0 Å².